The second kappa shape index (κ2) is 6.57. The minimum absolute atomic E-state index is 0.191. The van der Waals surface area contributed by atoms with Crippen molar-refractivity contribution in [1.29, 1.82) is 0 Å². The van der Waals surface area contributed by atoms with Crippen molar-refractivity contribution in [3.05, 3.63) is 29.8 Å². The van der Waals surface area contributed by atoms with Crippen molar-refractivity contribution in [2.24, 2.45) is 0 Å². The number of rotatable bonds is 7. The first-order valence-corrected chi connectivity index (χ1v) is 6.79. The molecule has 1 aromatic carbocycles. The van der Waals surface area contributed by atoms with E-state index in [-0.39, 0.29) is 17.8 Å². The molecule has 4 heteroatoms. The van der Waals surface area contributed by atoms with E-state index < -0.39 is 6.10 Å². The first-order chi connectivity index (χ1) is 9.19. The van der Waals surface area contributed by atoms with Gasteiger partial charge in [-0.05, 0) is 37.0 Å². The van der Waals surface area contributed by atoms with Crippen molar-refractivity contribution in [1.82, 2.24) is 0 Å². The van der Waals surface area contributed by atoms with E-state index in [4.69, 9.17) is 9.47 Å². The molecule has 1 fully saturated rings. The Morgan fingerprint density at radius 2 is 2.26 bits per heavy atom. The van der Waals surface area contributed by atoms with E-state index in [0.717, 1.165) is 24.8 Å². The molecule has 1 aromatic rings. The lowest BCUT2D eigenvalue weighted by Gasteiger charge is -2.16. The normalized spacial score (nSPS) is 16.1. The van der Waals surface area contributed by atoms with Gasteiger partial charge in [0.2, 0.25) is 0 Å². The molecule has 0 spiro atoms. The molecule has 1 N–H and O–H groups in total. The Balaban J connectivity index is 1.97. The van der Waals surface area contributed by atoms with Crippen LogP contribution in [0.15, 0.2) is 24.3 Å². The van der Waals surface area contributed by atoms with E-state index in [1.807, 2.05) is 13.0 Å². The minimum atomic E-state index is -0.569. The molecule has 4 nitrogen and oxygen atoms in total. The van der Waals surface area contributed by atoms with Gasteiger partial charge in [-0.3, -0.25) is 0 Å². The highest BCUT2D eigenvalue weighted by Gasteiger charge is 2.31. The Morgan fingerprint density at radius 3 is 2.89 bits per heavy atom. The van der Waals surface area contributed by atoms with Crippen LogP contribution in [0.3, 0.4) is 0 Å². The number of phenols is 1. The molecule has 19 heavy (non-hydrogen) atoms. The second-order valence-electron chi connectivity index (χ2n) is 4.87. The summed E-state index contributed by atoms with van der Waals surface area (Å²) in [6.45, 7) is 2.38. The maximum atomic E-state index is 11.9. The summed E-state index contributed by atoms with van der Waals surface area (Å²) in [6, 6.07) is 6.89. The number of hydrogen-bond acceptors (Lipinski definition) is 4. The van der Waals surface area contributed by atoms with E-state index in [9.17, 15) is 9.90 Å². The molecule has 1 aliphatic rings. The summed E-state index contributed by atoms with van der Waals surface area (Å²) in [5.74, 6) is -0.110. The predicted molar refractivity (Wildman–Crippen MR) is 71.0 cm³/mol. The summed E-state index contributed by atoms with van der Waals surface area (Å²) in [5.41, 5.74) is 0.874. The van der Waals surface area contributed by atoms with E-state index in [1.165, 1.54) is 0 Å². The van der Waals surface area contributed by atoms with Crippen LogP contribution in [-0.4, -0.2) is 29.9 Å². The molecule has 0 aromatic heterocycles. The Hall–Kier alpha value is -1.55. The molecule has 0 amide bonds. The van der Waals surface area contributed by atoms with Gasteiger partial charge in [0.25, 0.3) is 0 Å². The highest BCUT2D eigenvalue weighted by molar-refractivity contribution is 5.75. The summed E-state index contributed by atoms with van der Waals surface area (Å²) in [6.07, 6.45) is 2.88. The molecule has 1 saturated carbocycles. The average Bonchev–Trinajstić information content (AvgIpc) is 3.19. The number of carbonyl (C=O) groups is 1. The van der Waals surface area contributed by atoms with Crippen LogP contribution in [0, 0.1) is 0 Å². The lowest BCUT2D eigenvalue weighted by molar-refractivity contribution is -0.158. The van der Waals surface area contributed by atoms with Crippen LogP contribution in [0.2, 0.25) is 0 Å². The first-order valence-electron chi connectivity index (χ1n) is 6.79. The smallest absolute Gasteiger partial charge is 0.335 e. The molecule has 1 atom stereocenters. The van der Waals surface area contributed by atoms with E-state index in [0.29, 0.717) is 13.0 Å². The highest BCUT2D eigenvalue weighted by atomic mass is 16.6. The highest BCUT2D eigenvalue weighted by Crippen LogP contribution is 2.26. The van der Waals surface area contributed by atoms with E-state index in [1.54, 1.807) is 18.2 Å². The van der Waals surface area contributed by atoms with Gasteiger partial charge < -0.3 is 14.6 Å². The third-order valence-electron chi connectivity index (χ3n) is 2.92. The molecule has 1 aliphatic carbocycles. The lowest BCUT2D eigenvalue weighted by atomic mass is 10.1. The molecular weight excluding hydrogens is 244 g/mol. The van der Waals surface area contributed by atoms with Gasteiger partial charge in [-0.25, -0.2) is 4.79 Å². The van der Waals surface area contributed by atoms with Gasteiger partial charge in [0.05, 0.1) is 12.7 Å². The van der Waals surface area contributed by atoms with Crippen LogP contribution < -0.4 is 0 Å². The summed E-state index contributed by atoms with van der Waals surface area (Å²) < 4.78 is 10.9. The van der Waals surface area contributed by atoms with Crippen molar-refractivity contribution in [2.75, 3.05) is 6.61 Å². The zero-order chi connectivity index (χ0) is 13.7. The SMILES string of the molecule is CCCOC(=O)C(Cc1cccc(O)c1)OC1CC1. The van der Waals surface area contributed by atoms with Crippen LogP contribution in [-0.2, 0) is 20.7 Å². The van der Waals surface area contributed by atoms with Crippen molar-refractivity contribution >= 4 is 5.97 Å². The van der Waals surface area contributed by atoms with Gasteiger partial charge in [0.1, 0.15) is 5.75 Å². The van der Waals surface area contributed by atoms with Crippen molar-refractivity contribution < 1.29 is 19.4 Å². The maximum absolute atomic E-state index is 11.9. The largest absolute Gasteiger partial charge is 0.508 e. The molecule has 0 aliphatic heterocycles. The van der Waals surface area contributed by atoms with E-state index >= 15 is 0 Å². The fraction of sp³-hybridized carbons (Fsp3) is 0.533. The summed E-state index contributed by atoms with van der Waals surface area (Å²) in [5, 5.41) is 9.44. The molecule has 0 heterocycles. The number of hydrogen-bond donors (Lipinski definition) is 1. The lowest BCUT2D eigenvalue weighted by Crippen LogP contribution is -2.30. The zero-order valence-corrected chi connectivity index (χ0v) is 11.2. The summed E-state index contributed by atoms with van der Waals surface area (Å²) >= 11 is 0. The molecule has 0 radical (unpaired) electrons. The van der Waals surface area contributed by atoms with Gasteiger partial charge in [-0.1, -0.05) is 19.1 Å². The molecule has 2 rings (SSSR count). The topological polar surface area (TPSA) is 55.8 Å². The third kappa shape index (κ3) is 4.56. The van der Waals surface area contributed by atoms with Crippen molar-refractivity contribution in [3.63, 3.8) is 0 Å². The first kappa shape index (κ1) is 13.9. The molecule has 0 saturated heterocycles. The molecule has 1 unspecified atom stereocenters. The van der Waals surface area contributed by atoms with Crippen molar-refractivity contribution in [3.8, 4) is 5.75 Å². The summed E-state index contributed by atoms with van der Waals surface area (Å²) in [4.78, 5) is 11.9. The molecule has 0 bridgehead atoms. The molecular formula is C15H20O4. The Bertz CT molecular complexity index is 426. The van der Waals surface area contributed by atoms with Crippen LogP contribution in [0.25, 0.3) is 0 Å². The Morgan fingerprint density at radius 1 is 1.47 bits per heavy atom. The Kier molecular flexibility index (Phi) is 4.80. The monoisotopic (exact) mass is 264 g/mol. The van der Waals surface area contributed by atoms with Crippen LogP contribution in [0.5, 0.6) is 5.75 Å². The fourth-order valence-electron chi connectivity index (χ4n) is 1.82. The van der Waals surface area contributed by atoms with Gasteiger partial charge >= 0.3 is 5.97 Å². The average molecular weight is 264 g/mol. The van der Waals surface area contributed by atoms with Crippen LogP contribution in [0.4, 0.5) is 0 Å². The number of ether oxygens (including phenoxy) is 2. The van der Waals surface area contributed by atoms with Crippen molar-refractivity contribution in [2.45, 2.75) is 44.8 Å². The van der Waals surface area contributed by atoms with Crippen LogP contribution >= 0.6 is 0 Å². The van der Waals surface area contributed by atoms with Crippen LogP contribution in [0.1, 0.15) is 31.7 Å². The maximum Gasteiger partial charge on any atom is 0.335 e. The minimum Gasteiger partial charge on any atom is -0.508 e. The zero-order valence-electron chi connectivity index (χ0n) is 11.2. The van der Waals surface area contributed by atoms with Gasteiger partial charge in [0, 0.05) is 6.42 Å². The number of esters is 1. The van der Waals surface area contributed by atoms with E-state index in [2.05, 4.69) is 0 Å². The fourth-order valence-corrected chi connectivity index (χ4v) is 1.82. The Labute approximate surface area is 113 Å². The van der Waals surface area contributed by atoms with Gasteiger partial charge in [-0.15, -0.1) is 0 Å². The summed E-state index contributed by atoms with van der Waals surface area (Å²) in [7, 11) is 0. The predicted octanol–water partition coefficient (Wildman–Crippen LogP) is 2.44. The van der Waals surface area contributed by atoms with Gasteiger partial charge in [0.15, 0.2) is 6.10 Å². The second-order valence-corrected chi connectivity index (χ2v) is 4.87. The number of phenolic OH excluding ortho intramolecular Hbond substituents is 1. The van der Waals surface area contributed by atoms with Gasteiger partial charge in [-0.2, -0.15) is 0 Å². The third-order valence-corrected chi connectivity index (χ3v) is 2.92. The standard InChI is InChI=1S/C15H20O4/c1-2-8-18-15(17)14(19-13-6-7-13)10-11-4-3-5-12(16)9-11/h3-5,9,13-14,16H,2,6-8,10H2,1H3. The number of benzene rings is 1. The number of aromatic hydroxyl groups is 1. The molecule has 104 valence electrons. The quantitative estimate of drug-likeness (QED) is 0.768. The number of carbonyl (C=O) groups excluding carboxylic acids is 1.